The highest BCUT2D eigenvalue weighted by atomic mass is 19.1. The monoisotopic (exact) mass is 286 g/mol. The molecule has 2 N–H and O–H groups in total. The summed E-state index contributed by atoms with van der Waals surface area (Å²) in [4.78, 5) is 13.3. The van der Waals surface area contributed by atoms with E-state index >= 15 is 0 Å². The van der Waals surface area contributed by atoms with Crippen molar-refractivity contribution < 1.29 is 18.7 Å². The standard InChI is InChI=1S/C14H20F2N2O2/c1-3-18(4-2)13(20)9-17-8-12(19)14-10(15)6-5-7-11(14)16/h5-7,12,17,19H,3-4,8-9H2,1-2H3. The van der Waals surface area contributed by atoms with Gasteiger partial charge in [0.05, 0.1) is 18.2 Å². The summed E-state index contributed by atoms with van der Waals surface area (Å²) in [5, 5.41) is 12.5. The predicted molar refractivity (Wildman–Crippen MR) is 72.1 cm³/mol. The molecule has 0 radical (unpaired) electrons. The molecule has 0 aliphatic carbocycles. The van der Waals surface area contributed by atoms with Crippen LogP contribution < -0.4 is 5.32 Å². The van der Waals surface area contributed by atoms with Gasteiger partial charge < -0.3 is 15.3 Å². The molecule has 0 aliphatic heterocycles. The normalized spacial score (nSPS) is 12.2. The Balaban J connectivity index is 2.52. The number of aliphatic hydroxyl groups excluding tert-OH is 1. The molecule has 6 heteroatoms. The molecule has 0 spiro atoms. The summed E-state index contributed by atoms with van der Waals surface area (Å²) in [6.07, 6.45) is -1.33. The third-order valence-electron chi connectivity index (χ3n) is 3.06. The van der Waals surface area contributed by atoms with Crippen LogP contribution in [0.4, 0.5) is 8.78 Å². The lowest BCUT2D eigenvalue weighted by Gasteiger charge is -2.19. The van der Waals surface area contributed by atoms with Gasteiger partial charge >= 0.3 is 0 Å². The minimum atomic E-state index is -1.33. The smallest absolute Gasteiger partial charge is 0.236 e. The summed E-state index contributed by atoms with van der Waals surface area (Å²) in [5.74, 6) is -1.71. The molecule has 112 valence electrons. The van der Waals surface area contributed by atoms with E-state index in [0.29, 0.717) is 13.1 Å². The van der Waals surface area contributed by atoms with Crippen molar-refractivity contribution in [3.8, 4) is 0 Å². The Hall–Kier alpha value is -1.53. The second-order valence-corrected chi connectivity index (χ2v) is 4.35. The average molecular weight is 286 g/mol. The van der Waals surface area contributed by atoms with Crippen LogP contribution in [0.3, 0.4) is 0 Å². The van der Waals surface area contributed by atoms with Crippen molar-refractivity contribution in [1.29, 1.82) is 0 Å². The van der Waals surface area contributed by atoms with Crippen LogP contribution in [0.25, 0.3) is 0 Å². The number of carbonyl (C=O) groups excluding carboxylic acids is 1. The third kappa shape index (κ3) is 4.25. The fourth-order valence-corrected chi connectivity index (χ4v) is 1.94. The lowest BCUT2D eigenvalue weighted by molar-refractivity contribution is -0.129. The van der Waals surface area contributed by atoms with Crippen LogP contribution in [0.5, 0.6) is 0 Å². The van der Waals surface area contributed by atoms with E-state index in [2.05, 4.69) is 5.32 Å². The van der Waals surface area contributed by atoms with Gasteiger partial charge in [0.2, 0.25) is 5.91 Å². The number of nitrogens with one attached hydrogen (secondary N) is 1. The van der Waals surface area contributed by atoms with Crippen LogP contribution in [0.15, 0.2) is 18.2 Å². The van der Waals surface area contributed by atoms with Crippen molar-refractivity contribution in [2.24, 2.45) is 0 Å². The molecular formula is C14H20F2N2O2. The maximum atomic E-state index is 13.4. The molecule has 0 aromatic heterocycles. The van der Waals surface area contributed by atoms with Crippen LogP contribution in [0.2, 0.25) is 0 Å². The fourth-order valence-electron chi connectivity index (χ4n) is 1.94. The van der Waals surface area contributed by atoms with Crippen molar-refractivity contribution >= 4 is 5.91 Å². The molecule has 0 aliphatic rings. The number of halogens is 2. The summed E-state index contributed by atoms with van der Waals surface area (Å²) in [6.45, 7) is 4.86. The minimum Gasteiger partial charge on any atom is -0.387 e. The zero-order valence-electron chi connectivity index (χ0n) is 11.7. The highest BCUT2D eigenvalue weighted by Gasteiger charge is 2.18. The molecule has 1 amide bonds. The van der Waals surface area contributed by atoms with Gasteiger partial charge in [-0.2, -0.15) is 0 Å². The van der Waals surface area contributed by atoms with Crippen LogP contribution in [0, 0.1) is 11.6 Å². The van der Waals surface area contributed by atoms with Crippen molar-refractivity contribution in [2.75, 3.05) is 26.2 Å². The number of hydrogen-bond acceptors (Lipinski definition) is 3. The first-order chi connectivity index (χ1) is 9.51. The molecule has 0 bridgehead atoms. The quantitative estimate of drug-likeness (QED) is 0.798. The van der Waals surface area contributed by atoms with Gasteiger partial charge in [-0.25, -0.2) is 8.78 Å². The first-order valence-electron chi connectivity index (χ1n) is 6.61. The largest absolute Gasteiger partial charge is 0.387 e. The summed E-state index contributed by atoms with van der Waals surface area (Å²) in [5.41, 5.74) is -0.379. The Morgan fingerprint density at radius 3 is 2.35 bits per heavy atom. The molecule has 1 rings (SSSR count). The Labute approximate surface area is 117 Å². The molecule has 0 heterocycles. The molecule has 1 aromatic rings. The van der Waals surface area contributed by atoms with Crippen LogP contribution in [-0.4, -0.2) is 42.1 Å². The van der Waals surface area contributed by atoms with E-state index in [1.807, 2.05) is 13.8 Å². The van der Waals surface area contributed by atoms with Gasteiger partial charge in [-0.3, -0.25) is 4.79 Å². The summed E-state index contributed by atoms with van der Waals surface area (Å²) < 4.78 is 26.8. The summed E-state index contributed by atoms with van der Waals surface area (Å²) in [6, 6.07) is 3.41. The van der Waals surface area contributed by atoms with Crippen molar-refractivity contribution in [3.63, 3.8) is 0 Å². The molecule has 20 heavy (non-hydrogen) atoms. The second-order valence-electron chi connectivity index (χ2n) is 4.35. The van der Waals surface area contributed by atoms with E-state index < -0.39 is 17.7 Å². The lowest BCUT2D eigenvalue weighted by Crippen LogP contribution is -2.39. The molecule has 1 aromatic carbocycles. The highest BCUT2D eigenvalue weighted by Crippen LogP contribution is 2.19. The zero-order valence-corrected chi connectivity index (χ0v) is 11.7. The molecule has 1 unspecified atom stereocenters. The van der Waals surface area contributed by atoms with E-state index in [1.165, 1.54) is 6.07 Å². The SMILES string of the molecule is CCN(CC)C(=O)CNCC(O)c1c(F)cccc1F. The summed E-state index contributed by atoms with van der Waals surface area (Å²) in [7, 11) is 0. The van der Waals surface area contributed by atoms with E-state index in [4.69, 9.17) is 0 Å². The van der Waals surface area contributed by atoms with Gasteiger partial charge in [0, 0.05) is 19.6 Å². The molecule has 0 saturated carbocycles. The first-order valence-corrected chi connectivity index (χ1v) is 6.61. The Morgan fingerprint density at radius 2 is 1.85 bits per heavy atom. The number of benzene rings is 1. The van der Waals surface area contributed by atoms with E-state index in [1.54, 1.807) is 4.90 Å². The molecule has 0 saturated heterocycles. The van der Waals surface area contributed by atoms with Gasteiger partial charge in [-0.05, 0) is 26.0 Å². The Bertz CT molecular complexity index is 431. The van der Waals surface area contributed by atoms with Crippen molar-refractivity contribution in [1.82, 2.24) is 10.2 Å². The number of likely N-dealkylation sites (N-methyl/N-ethyl adjacent to an activating group) is 1. The van der Waals surface area contributed by atoms with E-state index in [-0.39, 0.29) is 24.6 Å². The topological polar surface area (TPSA) is 52.6 Å². The number of aliphatic hydroxyl groups is 1. The maximum Gasteiger partial charge on any atom is 0.236 e. The van der Waals surface area contributed by atoms with Gasteiger partial charge in [-0.15, -0.1) is 0 Å². The zero-order chi connectivity index (χ0) is 15.1. The highest BCUT2D eigenvalue weighted by molar-refractivity contribution is 5.78. The minimum absolute atomic E-state index is 0.0226. The molecular weight excluding hydrogens is 266 g/mol. The van der Waals surface area contributed by atoms with Crippen molar-refractivity contribution in [2.45, 2.75) is 20.0 Å². The van der Waals surface area contributed by atoms with Gasteiger partial charge in [-0.1, -0.05) is 6.07 Å². The second kappa shape index (κ2) is 7.91. The predicted octanol–water partition coefficient (Wildman–Crippen LogP) is 1.46. The van der Waals surface area contributed by atoms with Gasteiger partial charge in [0.15, 0.2) is 0 Å². The average Bonchev–Trinajstić information content (AvgIpc) is 2.40. The summed E-state index contributed by atoms with van der Waals surface area (Å²) >= 11 is 0. The number of hydrogen-bond donors (Lipinski definition) is 2. The number of nitrogens with zero attached hydrogens (tertiary/aromatic N) is 1. The van der Waals surface area contributed by atoms with E-state index in [0.717, 1.165) is 12.1 Å². The third-order valence-corrected chi connectivity index (χ3v) is 3.06. The number of amides is 1. The van der Waals surface area contributed by atoms with Crippen LogP contribution in [-0.2, 0) is 4.79 Å². The fraction of sp³-hybridized carbons (Fsp3) is 0.500. The van der Waals surface area contributed by atoms with Crippen molar-refractivity contribution in [3.05, 3.63) is 35.4 Å². The lowest BCUT2D eigenvalue weighted by atomic mass is 10.1. The molecule has 0 fully saturated rings. The van der Waals surface area contributed by atoms with Crippen LogP contribution in [0.1, 0.15) is 25.5 Å². The Kier molecular flexibility index (Phi) is 6.54. The molecule has 4 nitrogen and oxygen atoms in total. The van der Waals surface area contributed by atoms with Gasteiger partial charge in [0.25, 0.3) is 0 Å². The number of carbonyl (C=O) groups is 1. The maximum absolute atomic E-state index is 13.4. The van der Waals surface area contributed by atoms with Crippen LogP contribution >= 0.6 is 0 Å². The first kappa shape index (κ1) is 16.5. The Morgan fingerprint density at radius 1 is 1.30 bits per heavy atom. The van der Waals surface area contributed by atoms with Gasteiger partial charge in [0.1, 0.15) is 11.6 Å². The number of rotatable bonds is 7. The van der Waals surface area contributed by atoms with E-state index in [9.17, 15) is 18.7 Å². The molecule has 1 atom stereocenters.